The normalized spacial score (nSPS) is 11.3. The van der Waals surface area contributed by atoms with Crippen molar-refractivity contribution in [2.24, 2.45) is 5.92 Å². The molecule has 2 N–H and O–H groups in total. The Kier molecular flexibility index (Phi) is 5.31. The smallest absolute Gasteiger partial charge is 0.0746 e. The highest BCUT2D eigenvalue weighted by molar-refractivity contribution is 5.81. The average Bonchev–Trinajstić information content (AvgIpc) is 2.42. The van der Waals surface area contributed by atoms with E-state index >= 15 is 0 Å². The Morgan fingerprint density at radius 2 is 1.84 bits per heavy atom. The number of nitrogens with zero attached hydrogens (tertiary/aromatic N) is 1. The zero-order valence-corrected chi connectivity index (χ0v) is 11.8. The van der Waals surface area contributed by atoms with E-state index in [2.05, 4.69) is 53.7 Å². The molecule has 0 bridgehead atoms. The fraction of sp³-hybridized carbons (Fsp3) is 0.438. The summed E-state index contributed by atoms with van der Waals surface area (Å²) >= 11 is 0. The summed E-state index contributed by atoms with van der Waals surface area (Å²) in [6.45, 7) is 8.39. The minimum Gasteiger partial charge on any atom is -0.315 e. The second kappa shape index (κ2) is 7.22. The number of rotatable bonds is 7. The zero-order chi connectivity index (χ0) is 13.5. The van der Waals surface area contributed by atoms with Crippen LogP contribution in [0.5, 0.6) is 0 Å². The van der Waals surface area contributed by atoms with Crippen molar-refractivity contribution >= 4 is 10.9 Å². The van der Waals surface area contributed by atoms with Gasteiger partial charge in [-0.05, 0) is 24.1 Å². The quantitative estimate of drug-likeness (QED) is 0.749. The van der Waals surface area contributed by atoms with E-state index in [1.807, 2.05) is 12.3 Å². The molecule has 0 saturated heterocycles. The van der Waals surface area contributed by atoms with E-state index in [4.69, 9.17) is 0 Å². The molecule has 0 amide bonds. The molecule has 102 valence electrons. The van der Waals surface area contributed by atoms with Gasteiger partial charge in [0.25, 0.3) is 0 Å². The molecule has 0 aliphatic rings. The first-order valence-electron chi connectivity index (χ1n) is 7.01. The lowest BCUT2D eigenvalue weighted by Crippen LogP contribution is -2.29. The van der Waals surface area contributed by atoms with E-state index in [0.29, 0.717) is 5.92 Å². The number of nitrogens with one attached hydrogen (secondary N) is 2. The predicted octanol–water partition coefficient (Wildman–Crippen LogP) is 2.57. The molecular weight excluding hydrogens is 234 g/mol. The molecule has 2 rings (SSSR count). The molecule has 0 aliphatic heterocycles. The van der Waals surface area contributed by atoms with Crippen molar-refractivity contribution in [2.45, 2.75) is 20.4 Å². The summed E-state index contributed by atoms with van der Waals surface area (Å²) in [7, 11) is 0. The van der Waals surface area contributed by atoms with Crippen LogP contribution in [0.2, 0.25) is 0 Å². The third-order valence-corrected chi connectivity index (χ3v) is 3.06. The summed E-state index contributed by atoms with van der Waals surface area (Å²) in [4.78, 5) is 4.46. The molecule has 0 atom stereocenters. The van der Waals surface area contributed by atoms with Gasteiger partial charge in [0.15, 0.2) is 0 Å². The van der Waals surface area contributed by atoms with Crippen LogP contribution >= 0.6 is 0 Å². The van der Waals surface area contributed by atoms with Crippen LogP contribution in [-0.2, 0) is 6.54 Å². The minimum absolute atomic E-state index is 0.710. The summed E-state index contributed by atoms with van der Waals surface area (Å²) in [5.74, 6) is 0.710. The molecule has 2 aromatic rings. The van der Waals surface area contributed by atoms with E-state index in [1.54, 1.807) is 0 Å². The molecule has 0 fully saturated rings. The zero-order valence-electron chi connectivity index (χ0n) is 11.8. The van der Waals surface area contributed by atoms with Gasteiger partial charge in [-0.25, -0.2) is 0 Å². The van der Waals surface area contributed by atoms with Gasteiger partial charge in [0.05, 0.1) is 5.52 Å². The van der Waals surface area contributed by atoms with E-state index in [1.165, 1.54) is 10.9 Å². The Bertz CT molecular complexity index is 503. The van der Waals surface area contributed by atoms with Crippen LogP contribution in [0.4, 0.5) is 0 Å². The number of fused-ring (bicyclic) bond motifs is 1. The maximum absolute atomic E-state index is 4.46. The average molecular weight is 257 g/mol. The minimum atomic E-state index is 0.710. The Morgan fingerprint density at radius 3 is 2.68 bits per heavy atom. The first kappa shape index (κ1) is 14.0. The number of hydrogen-bond donors (Lipinski definition) is 2. The van der Waals surface area contributed by atoms with Gasteiger partial charge in [-0.15, -0.1) is 0 Å². The standard InChI is InChI=1S/C16H23N3/c1-13(2)11-17-9-10-18-12-15-6-3-5-14-7-4-8-19-16(14)15/h3-8,13,17-18H,9-12H2,1-2H3. The summed E-state index contributed by atoms with van der Waals surface area (Å²) in [5, 5.41) is 8.10. The fourth-order valence-electron chi connectivity index (χ4n) is 2.10. The lowest BCUT2D eigenvalue weighted by Gasteiger charge is -2.09. The van der Waals surface area contributed by atoms with Gasteiger partial charge in [0.1, 0.15) is 0 Å². The highest BCUT2D eigenvalue weighted by atomic mass is 14.9. The molecule has 0 radical (unpaired) electrons. The molecule has 3 nitrogen and oxygen atoms in total. The molecule has 0 aliphatic carbocycles. The predicted molar refractivity (Wildman–Crippen MR) is 81.2 cm³/mol. The lowest BCUT2D eigenvalue weighted by molar-refractivity contribution is 0.535. The van der Waals surface area contributed by atoms with Crippen LogP contribution < -0.4 is 10.6 Å². The first-order valence-corrected chi connectivity index (χ1v) is 7.01. The van der Waals surface area contributed by atoms with Gasteiger partial charge >= 0.3 is 0 Å². The molecule has 19 heavy (non-hydrogen) atoms. The van der Waals surface area contributed by atoms with E-state index in [0.717, 1.165) is 31.7 Å². The summed E-state index contributed by atoms with van der Waals surface area (Å²) in [6.07, 6.45) is 1.86. The van der Waals surface area contributed by atoms with Crippen molar-refractivity contribution in [3.8, 4) is 0 Å². The third-order valence-electron chi connectivity index (χ3n) is 3.06. The molecule has 0 saturated carbocycles. The van der Waals surface area contributed by atoms with Crippen molar-refractivity contribution in [2.75, 3.05) is 19.6 Å². The Labute approximate surface area is 115 Å². The monoisotopic (exact) mass is 257 g/mol. The van der Waals surface area contributed by atoms with E-state index in [-0.39, 0.29) is 0 Å². The van der Waals surface area contributed by atoms with Crippen LogP contribution in [0.3, 0.4) is 0 Å². The first-order chi connectivity index (χ1) is 9.27. The van der Waals surface area contributed by atoms with Crippen LogP contribution in [0, 0.1) is 5.92 Å². The van der Waals surface area contributed by atoms with Crippen molar-refractivity contribution in [1.82, 2.24) is 15.6 Å². The number of aromatic nitrogens is 1. The van der Waals surface area contributed by atoms with E-state index in [9.17, 15) is 0 Å². The van der Waals surface area contributed by atoms with Crippen LogP contribution in [0.1, 0.15) is 19.4 Å². The number of pyridine rings is 1. The molecule has 1 aromatic carbocycles. The second-order valence-corrected chi connectivity index (χ2v) is 5.27. The maximum Gasteiger partial charge on any atom is 0.0746 e. The van der Waals surface area contributed by atoms with Gasteiger partial charge in [0.2, 0.25) is 0 Å². The molecular formula is C16H23N3. The van der Waals surface area contributed by atoms with Crippen molar-refractivity contribution in [1.29, 1.82) is 0 Å². The van der Waals surface area contributed by atoms with Gasteiger partial charge in [-0.2, -0.15) is 0 Å². The van der Waals surface area contributed by atoms with E-state index < -0.39 is 0 Å². The highest BCUT2D eigenvalue weighted by Gasteiger charge is 2.00. The third kappa shape index (κ3) is 4.30. The number of hydrogen-bond acceptors (Lipinski definition) is 3. The summed E-state index contributed by atoms with van der Waals surface area (Å²) in [5.41, 5.74) is 2.37. The van der Waals surface area contributed by atoms with Gasteiger partial charge in [-0.1, -0.05) is 38.1 Å². The van der Waals surface area contributed by atoms with Crippen LogP contribution in [-0.4, -0.2) is 24.6 Å². The Hall–Kier alpha value is -1.45. The largest absolute Gasteiger partial charge is 0.315 e. The molecule has 0 unspecified atom stereocenters. The van der Waals surface area contributed by atoms with Gasteiger partial charge in [0, 0.05) is 31.2 Å². The van der Waals surface area contributed by atoms with Crippen molar-refractivity contribution in [3.63, 3.8) is 0 Å². The SMILES string of the molecule is CC(C)CNCCNCc1cccc2cccnc12. The lowest BCUT2D eigenvalue weighted by atomic mass is 10.1. The number of benzene rings is 1. The highest BCUT2D eigenvalue weighted by Crippen LogP contribution is 2.15. The van der Waals surface area contributed by atoms with Crippen molar-refractivity contribution < 1.29 is 0 Å². The fourth-order valence-corrected chi connectivity index (χ4v) is 2.10. The topological polar surface area (TPSA) is 37.0 Å². The Balaban J connectivity index is 1.82. The van der Waals surface area contributed by atoms with Gasteiger partial charge in [-0.3, -0.25) is 4.98 Å². The van der Waals surface area contributed by atoms with Crippen LogP contribution in [0.25, 0.3) is 10.9 Å². The summed E-state index contributed by atoms with van der Waals surface area (Å²) in [6, 6.07) is 10.4. The molecule has 3 heteroatoms. The van der Waals surface area contributed by atoms with Crippen molar-refractivity contribution in [3.05, 3.63) is 42.1 Å². The molecule has 1 heterocycles. The second-order valence-electron chi connectivity index (χ2n) is 5.27. The van der Waals surface area contributed by atoms with Crippen LogP contribution in [0.15, 0.2) is 36.5 Å². The maximum atomic E-state index is 4.46. The van der Waals surface area contributed by atoms with Gasteiger partial charge < -0.3 is 10.6 Å². The number of para-hydroxylation sites is 1. The molecule has 0 spiro atoms. The Morgan fingerprint density at radius 1 is 1.05 bits per heavy atom. The molecule has 1 aromatic heterocycles. The summed E-state index contributed by atoms with van der Waals surface area (Å²) < 4.78 is 0.